The van der Waals surface area contributed by atoms with Crippen LogP contribution in [0.4, 0.5) is 10.3 Å². The van der Waals surface area contributed by atoms with E-state index in [1.807, 2.05) is 13.8 Å². The molecular weight excluding hydrogens is 295 g/mol. The Bertz CT molecular complexity index is 717. The Morgan fingerprint density at radius 2 is 2.04 bits per heavy atom. The highest BCUT2D eigenvalue weighted by Crippen LogP contribution is 2.18. The molecule has 1 aromatic heterocycles. The summed E-state index contributed by atoms with van der Waals surface area (Å²) in [5.41, 5.74) is 2.84. The van der Waals surface area contributed by atoms with Crippen molar-refractivity contribution in [3.8, 4) is 0 Å². The normalized spacial score (nSPS) is 17.6. The van der Waals surface area contributed by atoms with Crippen LogP contribution in [0.25, 0.3) is 0 Å². The molecule has 0 spiro atoms. The summed E-state index contributed by atoms with van der Waals surface area (Å²) in [6.07, 6.45) is 2.46. The van der Waals surface area contributed by atoms with E-state index in [2.05, 4.69) is 15.3 Å². The molecule has 120 valence electrons. The average molecular weight is 314 g/mol. The van der Waals surface area contributed by atoms with Crippen LogP contribution < -0.4 is 5.32 Å². The minimum Gasteiger partial charge on any atom is -0.342 e. The SMILES string of the molecule is Cc1cnc(NC2CCN(Cc3ccc(F)cc3)C2=O)nc1C. The van der Waals surface area contributed by atoms with Crippen molar-refractivity contribution < 1.29 is 9.18 Å². The van der Waals surface area contributed by atoms with Crippen molar-refractivity contribution in [2.75, 3.05) is 11.9 Å². The number of halogens is 1. The predicted molar refractivity (Wildman–Crippen MR) is 85.4 cm³/mol. The summed E-state index contributed by atoms with van der Waals surface area (Å²) in [6, 6.07) is 5.92. The van der Waals surface area contributed by atoms with E-state index in [-0.39, 0.29) is 17.8 Å². The fourth-order valence-electron chi connectivity index (χ4n) is 2.59. The van der Waals surface area contributed by atoms with Gasteiger partial charge in [-0.1, -0.05) is 12.1 Å². The van der Waals surface area contributed by atoms with Crippen molar-refractivity contribution in [1.82, 2.24) is 14.9 Å². The minimum atomic E-state index is -0.308. The maximum absolute atomic E-state index is 12.9. The van der Waals surface area contributed by atoms with Crippen LogP contribution in [0.3, 0.4) is 0 Å². The lowest BCUT2D eigenvalue weighted by atomic mass is 10.2. The summed E-state index contributed by atoms with van der Waals surface area (Å²) < 4.78 is 12.9. The third-order valence-electron chi connectivity index (χ3n) is 4.11. The molecule has 0 radical (unpaired) electrons. The Kier molecular flexibility index (Phi) is 4.23. The number of aryl methyl sites for hydroxylation is 2. The molecule has 6 heteroatoms. The van der Waals surface area contributed by atoms with E-state index in [9.17, 15) is 9.18 Å². The topological polar surface area (TPSA) is 58.1 Å². The fourth-order valence-corrected chi connectivity index (χ4v) is 2.59. The number of hydrogen-bond donors (Lipinski definition) is 1. The molecule has 5 nitrogen and oxygen atoms in total. The summed E-state index contributed by atoms with van der Waals surface area (Å²) in [5, 5.41) is 3.11. The molecule has 0 bridgehead atoms. The molecule has 1 amide bonds. The summed E-state index contributed by atoms with van der Waals surface area (Å²) in [7, 11) is 0. The highest BCUT2D eigenvalue weighted by molar-refractivity contribution is 5.86. The molecule has 1 aliphatic heterocycles. The maximum Gasteiger partial charge on any atom is 0.245 e. The van der Waals surface area contributed by atoms with Gasteiger partial charge in [-0.2, -0.15) is 0 Å². The van der Waals surface area contributed by atoms with Crippen molar-refractivity contribution in [2.45, 2.75) is 32.9 Å². The van der Waals surface area contributed by atoms with Gasteiger partial charge in [0.1, 0.15) is 11.9 Å². The number of amides is 1. The smallest absolute Gasteiger partial charge is 0.245 e. The second-order valence-corrected chi connectivity index (χ2v) is 5.83. The number of carbonyl (C=O) groups is 1. The molecule has 0 aliphatic carbocycles. The molecular formula is C17H19FN4O. The van der Waals surface area contributed by atoms with Gasteiger partial charge in [0.2, 0.25) is 11.9 Å². The zero-order valence-corrected chi connectivity index (χ0v) is 13.2. The average Bonchev–Trinajstić information content (AvgIpc) is 2.86. The van der Waals surface area contributed by atoms with Crippen molar-refractivity contribution in [3.63, 3.8) is 0 Å². The van der Waals surface area contributed by atoms with Gasteiger partial charge < -0.3 is 10.2 Å². The van der Waals surface area contributed by atoms with Gasteiger partial charge in [-0.3, -0.25) is 4.79 Å². The van der Waals surface area contributed by atoms with E-state index >= 15 is 0 Å². The van der Waals surface area contributed by atoms with Crippen molar-refractivity contribution >= 4 is 11.9 Å². The van der Waals surface area contributed by atoms with Gasteiger partial charge in [-0.25, -0.2) is 14.4 Å². The number of aromatic nitrogens is 2. The van der Waals surface area contributed by atoms with Crippen molar-refractivity contribution in [1.29, 1.82) is 0 Å². The van der Waals surface area contributed by atoms with Gasteiger partial charge in [0, 0.05) is 25.0 Å². The number of carbonyl (C=O) groups excluding carboxylic acids is 1. The van der Waals surface area contributed by atoms with Crippen LogP contribution in [0.15, 0.2) is 30.5 Å². The van der Waals surface area contributed by atoms with Gasteiger partial charge in [-0.15, -0.1) is 0 Å². The first-order valence-corrected chi connectivity index (χ1v) is 7.63. The molecule has 3 rings (SSSR count). The number of benzene rings is 1. The Balaban J connectivity index is 1.64. The summed E-state index contributed by atoms with van der Waals surface area (Å²) >= 11 is 0. The minimum absolute atomic E-state index is 0.0242. The third kappa shape index (κ3) is 3.47. The highest BCUT2D eigenvalue weighted by atomic mass is 19.1. The second kappa shape index (κ2) is 6.32. The van der Waals surface area contributed by atoms with E-state index in [1.54, 1.807) is 23.2 Å². The number of likely N-dealkylation sites (tertiary alicyclic amines) is 1. The number of anilines is 1. The van der Waals surface area contributed by atoms with E-state index in [1.165, 1.54) is 12.1 Å². The Morgan fingerprint density at radius 3 is 2.74 bits per heavy atom. The van der Waals surface area contributed by atoms with Crippen LogP contribution >= 0.6 is 0 Å². The monoisotopic (exact) mass is 314 g/mol. The molecule has 1 unspecified atom stereocenters. The van der Waals surface area contributed by atoms with Crippen molar-refractivity contribution in [3.05, 3.63) is 53.1 Å². The Morgan fingerprint density at radius 1 is 1.30 bits per heavy atom. The lowest BCUT2D eigenvalue weighted by Gasteiger charge is -2.17. The van der Waals surface area contributed by atoms with Gasteiger partial charge in [0.15, 0.2) is 0 Å². The first-order valence-electron chi connectivity index (χ1n) is 7.63. The number of nitrogens with zero attached hydrogens (tertiary/aromatic N) is 3. The number of rotatable bonds is 4. The Hall–Kier alpha value is -2.50. The first-order chi connectivity index (χ1) is 11.0. The molecule has 1 fully saturated rings. The van der Waals surface area contributed by atoms with Crippen LogP contribution in [-0.4, -0.2) is 33.4 Å². The van der Waals surface area contributed by atoms with Crippen LogP contribution in [-0.2, 0) is 11.3 Å². The van der Waals surface area contributed by atoms with E-state index in [4.69, 9.17) is 0 Å². The standard InChI is InChI=1S/C17H19FN4O/c1-11-9-19-17(20-12(11)2)21-15-7-8-22(16(15)23)10-13-3-5-14(18)6-4-13/h3-6,9,15H,7-8,10H2,1-2H3,(H,19,20,21). The Labute approximate surface area is 134 Å². The zero-order valence-electron chi connectivity index (χ0n) is 13.2. The largest absolute Gasteiger partial charge is 0.342 e. The van der Waals surface area contributed by atoms with Crippen LogP contribution in [0.2, 0.25) is 0 Å². The summed E-state index contributed by atoms with van der Waals surface area (Å²) in [4.78, 5) is 22.8. The molecule has 2 heterocycles. The van der Waals surface area contributed by atoms with Crippen LogP contribution in [0.5, 0.6) is 0 Å². The predicted octanol–water partition coefficient (Wildman–Crippen LogP) is 2.45. The molecule has 0 saturated carbocycles. The summed E-state index contributed by atoms with van der Waals surface area (Å²) in [6.45, 7) is 5.02. The number of hydrogen-bond acceptors (Lipinski definition) is 4. The molecule has 23 heavy (non-hydrogen) atoms. The maximum atomic E-state index is 12.9. The molecule has 1 atom stereocenters. The molecule has 2 aromatic rings. The molecule has 1 aromatic carbocycles. The van der Waals surface area contributed by atoms with Gasteiger partial charge in [0.05, 0.1) is 0 Å². The molecule has 1 aliphatic rings. The summed E-state index contributed by atoms with van der Waals surface area (Å²) in [5.74, 6) is 0.235. The zero-order chi connectivity index (χ0) is 16.4. The lowest BCUT2D eigenvalue weighted by molar-refractivity contribution is -0.128. The van der Waals surface area contributed by atoms with E-state index in [0.717, 1.165) is 16.8 Å². The third-order valence-corrected chi connectivity index (χ3v) is 4.11. The van der Waals surface area contributed by atoms with Crippen LogP contribution in [0, 0.1) is 19.7 Å². The lowest BCUT2D eigenvalue weighted by Crippen LogP contribution is -2.33. The quantitative estimate of drug-likeness (QED) is 0.942. The van der Waals surface area contributed by atoms with Gasteiger partial charge >= 0.3 is 0 Å². The van der Waals surface area contributed by atoms with E-state index in [0.29, 0.717) is 25.5 Å². The highest BCUT2D eigenvalue weighted by Gasteiger charge is 2.32. The van der Waals surface area contributed by atoms with Crippen LogP contribution in [0.1, 0.15) is 23.2 Å². The van der Waals surface area contributed by atoms with E-state index < -0.39 is 0 Å². The molecule has 1 saturated heterocycles. The van der Waals surface area contributed by atoms with Crippen molar-refractivity contribution in [2.24, 2.45) is 0 Å². The first kappa shape index (κ1) is 15.4. The van der Waals surface area contributed by atoms with Gasteiger partial charge in [-0.05, 0) is 43.5 Å². The second-order valence-electron chi connectivity index (χ2n) is 5.83. The van der Waals surface area contributed by atoms with Gasteiger partial charge in [0.25, 0.3) is 0 Å². The fraction of sp³-hybridized carbons (Fsp3) is 0.353. The number of nitrogens with one attached hydrogen (secondary N) is 1. The molecule has 1 N–H and O–H groups in total.